The van der Waals surface area contributed by atoms with Crippen LogP contribution in [0.15, 0.2) is 24.8 Å². The number of hydrogen-bond acceptors (Lipinski definition) is 0. The highest BCUT2D eigenvalue weighted by Crippen LogP contribution is 2.15. The van der Waals surface area contributed by atoms with Crippen LogP contribution in [-0.2, 0) is 0 Å². The standard InChI is InChI=1S/C9H9I/c1-3-8-5-4-6-9(10)7(8)2/h3-6H,1H2,2H3. The first kappa shape index (κ1) is 7.79. The summed E-state index contributed by atoms with van der Waals surface area (Å²) in [6.07, 6.45) is 1.89. The third-order valence-corrected chi connectivity index (χ3v) is 2.70. The molecule has 0 aliphatic rings. The number of benzene rings is 1. The van der Waals surface area contributed by atoms with E-state index in [2.05, 4.69) is 48.2 Å². The van der Waals surface area contributed by atoms with Crippen molar-refractivity contribution in [3.05, 3.63) is 39.5 Å². The molecule has 0 bridgehead atoms. The van der Waals surface area contributed by atoms with Crippen LogP contribution in [0.25, 0.3) is 6.08 Å². The van der Waals surface area contributed by atoms with Crippen LogP contribution in [0.3, 0.4) is 0 Å². The molecule has 0 N–H and O–H groups in total. The van der Waals surface area contributed by atoms with Crippen LogP contribution in [0.5, 0.6) is 0 Å². The highest BCUT2D eigenvalue weighted by Gasteiger charge is 1.95. The summed E-state index contributed by atoms with van der Waals surface area (Å²) in [5, 5.41) is 0. The van der Waals surface area contributed by atoms with Crippen molar-refractivity contribution in [2.75, 3.05) is 0 Å². The van der Waals surface area contributed by atoms with Crippen molar-refractivity contribution < 1.29 is 0 Å². The molecule has 1 heteroatoms. The Bertz CT molecular complexity index is 251. The monoisotopic (exact) mass is 244 g/mol. The Morgan fingerprint density at radius 1 is 1.50 bits per heavy atom. The fraction of sp³-hybridized carbons (Fsp3) is 0.111. The zero-order valence-corrected chi connectivity index (χ0v) is 8.05. The Morgan fingerprint density at radius 2 is 2.20 bits per heavy atom. The zero-order valence-electron chi connectivity index (χ0n) is 5.89. The van der Waals surface area contributed by atoms with Crippen molar-refractivity contribution >= 4 is 28.7 Å². The number of rotatable bonds is 1. The average Bonchev–Trinajstić information content (AvgIpc) is 1.95. The first-order valence-electron chi connectivity index (χ1n) is 3.13. The first-order valence-corrected chi connectivity index (χ1v) is 4.21. The lowest BCUT2D eigenvalue weighted by molar-refractivity contribution is 1.40. The van der Waals surface area contributed by atoms with Gasteiger partial charge in [0.1, 0.15) is 0 Å². The molecule has 0 spiro atoms. The van der Waals surface area contributed by atoms with Crippen molar-refractivity contribution in [2.24, 2.45) is 0 Å². The molecule has 0 atom stereocenters. The second-order valence-corrected chi connectivity index (χ2v) is 3.32. The van der Waals surface area contributed by atoms with Gasteiger partial charge in [0.05, 0.1) is 0 Å². The molecule has 0 unspecified atom stereocenters. The molecule has 10 heavy (non-hydrogen) atoms. The second kappa shape index (κ2) is 3.19. The van der Waals surface area contributed by atoms with E-state index in [4.69, 9.17) is 0 Å². The van der Waals surface area contributed by atoms with Gasteiger partial charge in [-0.3, -0.25) is 0 Å². The molecule has 1 rings (SSSR count). The molecular formula is C9H9I. The van der Waals surface area contributed by atoms with Crippen LogP contribution < -0.4 is 0 Å². The summed E-state index contributed by atoms with van der Waals surface area (Å²) < 4.78 is 1.30. The van der Waals surface area contributed by atoms with E-state index in [9.17, 15) is 0 Å². The average molecular weight is 244 g/mol. The Morgan fingerprint density at radius 3 is 2.70 bits per heavy atom. The Labute approximate surface area is 75.1 Å². The molecule has 0 saturated carbocycles. The van der Waals surface area contributed by atoms with Crippen molar-refractivity contribution in [3.8, 4) is 0 Å². The zero-order chi connectivity index (χ0) is 7.56. The molecule has 0 amide bonds. The fourth-order valence-corrected chi connectivity index (χ4v) is 1.36. The molecule has 0 aromatic heterocycles. The maximum Gasteiger partial charge on any atom is 0.0165 e. The van der Waals surface area contributed by atoms with Crippen molar-refractivity contribution in [2.45, 2.75) is 6.92 Å². The molecule has 0 saturated heterocycles. The maximum atomic E-state index is 3.73. The van der Waals surface area contributed by atoms with Gasteiger partial charge in [-0.2, -0.15) is 0 Å². The van der Waals surface area contributed by atoms with Crippen LogP contribution in [0, 0.1) is 10.5 Å². The highest BCUT2D eigenvalue weighted by atomic mass is 127. The normalized spacial score (nSPS) is 9.40. The topological polar surface area (TPSA) is 0 Å². The molecule has 1 aromatic carbocycles. The molecular weight excluding hydrogens is 235 g/mol. The molecule has 0 aliphatic carbocycles. The van der Waals surface area contributed by atoms with E-state index in [-0.39, 0.29) is 0 Å². The molecule has 0 fully saturated rings. The molecule has 1 aromatic rings. The Kier molecular flexibility index (Phi) is 2.49. The summed E-state index contributed by atoms with van der Waals surface area (Å²) in [6, 6.07) is 6.22. The van der Waals surface area contributed by atoms with Crippen LogP contribution in [0.2, 0.25) is 0 Å². The van der Waals surface area contributed by atoms with Gasteiger partial charge in [0, 0.05) is 3.57 Å². The quantitative estimate of drug-likeness (QED) is 0.665. The van der Waals surface area contributed by atoms with Gasteiger partial charge in [-0.1, -0.05) is 24.8 Å². The minimum absolute atomic E-state index is 1.23. The Balaban J connectivity index is 3.27. The number of halogens is 1. The van der Waals surface area contributed by atoms with E-state index in [0.717, 1.165) is 0 Å². The van der Waals surface area contributed by atoms with Gasteiger partial charge in [0.25, 0.3) is 0 Å². The van der Waals surface area contributed by atoms with Gasteiger partial charge in [-0.05, 0) is 46.7 Å². The van der Waals surface area contributed by atoms with Crippen molar-refractivity contribution in [1.29, 1.82) is 0 Å². The Hall–Kier alpha value is -0.310. The predicted octanol–water partition coefficient (Wildman–Crippen LogP) is 3.24. The summed E-state index contributed by atoms with van der Waals surface area (Å²) in [6.45, 7) is 5.84. The van der Waals surface area contributed by atoms with E-state index in [0.29, 0.717) is 0 Å². The van der Waals surface area contributed by atoms with Crippen molar-refractivity contribution in [1.82, 2.24) is 0 Å². The molecule has 0 aliphatic heterocycles. The SMILES string of the molecule is C=Cc1cccc(I)c1C. The maximum absolute atomic E-state index is 3.73. The summed E-state index contributed by atoms with van der Waals surface area (Å²) in [5.41, 5.74) is 2.55. The third kappa shape index (κ3) is 1.40. The lowest BCUT2D eigenvalue weighted by atomic mass is 10.1. The predicted molar refractivity (Wildman–Crippen MR) is 54.0 cm³/mol. The largest absolute Gasteiger partial charge is 0.0985 e. The smallest absolute Gasteiger partial charge is 0.0165 e. The minimum Gasteiger partial charge on any atom is -0.0985 e. The van der Waals surface area contributed by atoms with E-state index in [1.165, 1.54) is 14.7 Å². The van der Waals surface area contributed by atoms with Crippen LogP contribution in [-0.4, -0.2) is 0 Å². The number of hydrogen-bond donors (Lipinski definition) is 0. The van der Waals surface area contributed by atoms with Gasteiger partial charge in [-0.25, -0.2) is 0 Å². The molecule has 52 valence electrons. The summed E-state index contributed by atoms with van der Waals surface area (Å²) in [5.74, 6) is 0. The first-order chi connectivity index (χ1) is 4.75. The van der Waals surface area contributed by atoms with Crippen LogP contribution in [0.1, 0.15) is 11.1 Å². The molecule has 0 heterocycles. The van der Waals surface area contributed by atoms with E-state index in [1.54, 1.807) is 0 Å². The van der Waals surface area contributed by atoms with Gasteiger partial charge in [-0.15, -0.1) is 0 Å². The second-order valence-electron chi connectivity index (χ2n) is 2.16. The third-order valence-electron chi connectivity index (χ3n) is 1.53. The lowest BCUT2D eigenvalue weighted by Crippen LogP contribution is -1.82. The van der Waals surface area contributed by atoms with Gasteiger partial charge < -0.3 is 0 Å². The van der Waals surface area contributed by atoms with E-state index >= 15 is 0 Å². The van der Waals surface area contributed by atoms with E-state index < -0.39 is 0 Å². The fourth-order valence-electron chi connectivity index (χ4n) is 0.845. The highest BCUT2D eigenvalue weighted by molar-refractivity contribution is 14.1. The van der Waals surface area contributed by atoms with Crippen molar-refractivity contribution in [3.63, 3.8) is 0 Å². The van der Waals surface area contributed by atoms with Gasteiger partial charge in [0.15, 0.2) is 0 Å². The van der Waals surface area contributed by atoms with Crippen LogP contribution >= 0.6 is 22.6 Å². The van der Waals surface area contributed by atoms with Crippen LogP contribution in [0.4, 0.5) is 0 Å². The summed E-state index contributed by atoms with van der Waals surface area (Å²) in [4.78, 5) is 0. The molecule has 0 radical (unpaired) electrons. The summed E-state index contributed by atoms with van der Waals surface area (Å²) >= 11 is 2.33. The van der Waals surface area contributed by atoms with Gasteiger partial charge >= 0.3 is 0 Å². The minimum atomic E-state index is 1.23. The molecule has 0 nitrogen and oxygen atoms in total. The lowest BCUT2D eigenvalue weighted by Gasteiger charge is -2.00. The van der Waals surface area contributed by atoms with E-state index in [1.807, 2.05) is 12.1 Å². The summed E-state index contributed by atoms with van der Waals surface area (Å²) in [7, 11) is 0. The van der Waals surface area contributed by atoms with Gasteiger partial charge in [0.2, 0.25) is 0 Å².